The summed E-state index contributed by atoms with van der Waals surface area (Å²) in [5, 5.41) is 1.17. The van der Waals surface area contributed by atoms with Crippen LogP contribution < -0.4 is 11.5 Å². The summed E-state index contributed by atoms with van der Waals surface area (Å²) >= 11 is 0. The van der Waals surface area contributed by atoms with Gasteiger partial charge >= 0.3 is 0 Å². The van der Waals surface area contributed by atoms with Crippen LogP contribution in [0.4, 0.5) is 0 Å². The minimum absolute atomic E-state index is 0.00851. The standard InChI is InChI=1S/C13H17N3/c1-9(12(15)8-14)10-4-2-6-13-11(10)5-3-7-16-13/h2-7,9,12H,8,14-15H2,1H3/t9-,12+/m0/s1. The van der Waals surface area contributed by atoms with Crippen molar-refractivity contribution >= 4 is 10.9 Å². The van der Waals surface area contributed by atoms with Crippen molar-refractivity contribution in [3.8, 4) is 0 Å². The van der Waals surface area contributed by atoms with Crippen LogP contribution in [0.15, 0.2) is 36.5 Å². The van der Waals surface area contributed by atoms with Gasteiger partial charge in [-0.15, -0.1) is 0 Å². The fourth-order valence-electron chi connectivity index (χ4n) is 1.96. The number of nitrogens with zero attached hydrogens (tertiary/aromatic N) is 1. The lowest BCUT2D eigenvalue weighted by Gasteiger charge is -2.20. The molecule has 0 amide bonds. The van der Waals surface area contributed by atoms with Gasteiger partial charge in [0.2, 0.25) is 0 Å². The Morgan fingerprint density at radius 3 is 2.81 bits per heavy atom. The van der Waals surface area contributed by atoms with Crippen LogP contribution in [0.1, 0.15) is 18.4 Å². The van der Waals surface area contributed by atoms with E-state index in [1.165, 1.54) is 10.9 Å². The van der Waals surface area contributed by atoms with Crippen molar-refractivity contribution in [2.75, 3.05) is 6.54 Å². The highest BCUT2D eigenvalue weighted by atomic mass is 14.7. The normalized spacial score (nSPS) is 14.9. The molecule has 3 nitrogen and oxygen atoms in total. The molecule has 0 aliphatic rings. The molecule has 1 heterocycles. The summed E-state index contributed by atoms with van der Waals surface area (Å²) in [6.07, 6.45) is 1.81. The molecule has 0 saturated carbocycles. The molecule has 0 unspecified atom stereocenters. The Morgan fingerprint density at radius 2 is 2.06 bits per heavy atom. The molecule has 0 spiro atoms. The van der Waals surface area contributed by atoms with Gasteiger partial charge in [-0.1, -0.05) is 25.1 Å². The van der Waals surface area contributed by atoms with E-state index < -0.39 is 0 Å². The third-order valence-corrected chi connectivity index (χ3v) is 3.08. The average Bonchev–Trinajstić information content (AvgIpc) is 2.36. The van der Waals surface area contributed by atoms with Crippen molar-refractivity contribution < 1.29 is 0 Å². The lowest BCUT2D eigenvalue weighted by Crippen LogP contribution is -2.34. The molecule has 3 heteroatoms. The van der Waals surface area contributed by atoms with Crippen molar-refractivity contribution in [2.24, 2.45) is 11.5 Å². The van der Waals surface area contributed by atoms with E-state index in [2.05, 4.69) is 24.0 Å². The average molecular weight is 215 g/mol. The van der Waals surface area contributed by atoms with Gasteiger partial charge in [0.1, 0.15) is 0 Å². The van der Waals surface area contributed by atoms with Crippen molar-refractivity contribution in [3.63, 3.8) is 0 Å². The van der Waals surface area contributed by atoms with Crippen LogP contribution in [-0.2, 0) is 0 Å². The highest BCUT2D eigenvalue weighted by Crippen LogP contribution is 2.25. The molecule has 0 saturated heterocycles. The first kappa shape index (κ1) is 11.0. The number of pyridine rings is 1. The second-order valence-corrected chi connectivity index (χ2v) is 4.11. The predicted molar refractivity (Wildman–Crippen MR) is 67.2 cm³/mol. The maximum absolute atomic E-state index is 5.99. The molecule has 4 N–H and O–H groups in total. The molecule has 84 valence electrons. The van der Waals surface area contributed by atoms with Crippen molar-refractivity contribution in [1.82, 2.24) is 4.98 Å². The highest BCUT2D eigenvalue weighted by Gasteiger charge is 2.15. The minimum Gasteiger partial charge on any atom is -0.329 e. The van der Waals surface area contributed by atoms with E-state index in [0.717, 1.165) is 5.52 Å². The van der Waals surface area contributed by atoms with Gasteiger partial charge in [-0.25, -0.2) is 0 Å². The van der Waals surface area contributed by atoms with Crippen LogP contribution in [0.25, 0.3) is 10.9 Å². The van der Waals surface area contributed by atoms with E-state index >= 15 is 0 Å². The molecule has 2 aromatic rings. The molecule has 1 aromatic heterocycles. The largest absolute Gasteiger partial charge is 0.329 e. The Bertz CT molecular complexity index is 476. The fourth-order valence-corrected chi connectivity index (χ4v) is 1.96. The number of fused-ring (bicyclic) bond motifs is 1. The van der Waals surface area contributed by atoms with Gasteiger partial charge in [0, 0.05) is 24.2 Å². The van der Waals surface area contributed by atoms with Gasteiger partial charge in [0.05, 0.1) is 5.52 Å². The van der Waals surface area contributed by atoms with E-state index in [0.29, 0.717) is 6.54 Å². The Morgan fingerprint density at radius 1 is 1.25 bits per heavy atom. The zero-order valence-corrected chi connectivity index (χ0v) is 9.43. The van der Waals surface area contributed by atoms with Crippen LogP contribution in [0.3, 0.4) is 0 Å². The van der Waals surface area contributed by atoms with Crippen LogP contribution in [0, 0.1) is 0 Å². The first-order chi connectivity index (χ1) is 7.74. The fraction of sp³-hybridized carbons (Fsp3) is 0.308. The van der Waals surface area contributed by atoms with Gasteiger partial charge in [-0.05, 0) is 23.6 Å². The Labute approximate surface area is 95.5 Å². The lowest BCUT2D eigenvalue weighted by atomic mass is 9.91. The number of hydrogen-bond donors (Lipinski definition) is 2. The Kier molecular flexibility index (Phi) is 3.17. The molecular weight excluding hydrogens is 198 g/mol. The number of aromatic nitrogens is 1. The second-order valence-electron chi connectivity index (χ2n) is 4.11. The second kappa shape index (κ2) is 4.60. The van der Waals surface area contributed by atoms with Gasteiger partial charge in [0.25, 0.3) is 0 Å². The maximum atomic E-state index is 5.99. The summed E-state index contributed by atoms with van der Waals surface area (Å²) in [4.78, 5) is 4.34. The summed E-state index contributed by atoms with van der Waals surface area (Å²) in [5.41, 5.74) is 13.8. The summed E-state index contributed by atoms with van der Waals surface area (Å²) in [7, 11) is 0. The quantitative estimate of drug-likeness (QED) is 0.817. The summed E-state index contributed by atoms with van der Waals surface area (Å²) in [6, 6.07) is 10.2. The number of hydrogen-bond acceptors (Lipinski definition) is 3. The van der Waals surface area contributed by atoms with E-state index in [9.17, 15) is 0 Å². The van der Waals surface area contributed by atoms with Crippen molar-refractivity contribution in [2.45, 2.75) is 18.9 Å². The van der Waals surface area contributed by atoms with Gasteiger partial charge in [0.15, 0.2) is 0 Å². The smallest absolute Gasteiger partial charge is 0.0704 e. The first-order valence-corrected chi connectivity index (χ1v) is 5.53. The summed E-state index contributed by atoms with van der Waals surface area (Å²) < 4.78 is 0. The van der Waals surface area contributed by atoms with Crippen LogP contribution in [-0.4, -0.2) is 17.6 Å². The monoisotopic (exact) mass is 215 g/mol. The van der Waals surface area contributed by atoms with Crippen molar-refractivity contribution in [1.29, 1.82) is 0 Å². The maximum Gasteiger partial charge on any atom is 0.0704 e. The van der Waals surface area contributed by atoms with Gasteiger partial charge < -0.3 is 11.5 Å². The molecule has 1 aromatic carbocycles. The van der Waals surface area contributed by atoms with E-state index in [4.69, 9.17) is 11.5 Å². The molecule has 0 radical (unpaired) electrons. The van der Waals surface area contributed by atoms with E-state index in [1.807, 2.05) is 18.2 Å². The third kappa shape index (κ3) is 1.92. The van der Waals surface area contributed by atoms with Crippen LogP contribution >= 0.6 is 0 Å². The van der Waals surface area contributed by atoms with E-state index in [1.54, 1.807) is 6.20 Å². The third-order valence-electron chi connectivity index (χ3n) is 3.08. The zero-order valence-electron chi connectivity index (χ0n) is 9.43. The molecule has 0 bridgehead atoms. The molecule has 16 heavy (non-hydrogen) atoms. The topological polar surface area (TPSA) is 64.9 Å². The molecule has 0 aliphatic heterocycles. The zero-order chi connectivity index (χ0) is 11.5. The molecule has 0 fully saturated rings. The lowest BCUT2D eigenvalue weighted by molar-refractivity contribution is 0.579. The van der Waals surface area contributed by atoms with Gasteiger partial charge in [-0.2, -0.15) is 0 Å². The predicted octanol–water partition coefficient (Wildman–Crippen LogP) is 1.62. The molecule has 0 aliphatic carbocycles. The SMILES string of the molecule is C[C@@H](c1cccc2ncccc12)[C@H](N)CN. The highest BCUT2D eigenvalue weighted by molar-refractivity contribution is 5.82. The van der Waals surface area contributed by atoms with Crippen molar-refractivity contribution in [3.05, 3.63) is 42.1 Å². The molecule has 2 atom stereocenters. The Balaban J connectivity index is 2.52. The van der Waals surface area contributed by atoms with Gasteiger partial charge in [-0.3, -0.25) is 4.98 Å². The Hall–Kier alpha value is -1.45. The number of nitrogens with two attached hydrogens (primary N) is 2. The van der Waals surface area contributed by atoms with Crippen LogP contribution in [0.5, 0.6) is 0 Å². The summed E-state index contributed by atoms with van der Waals surface area (Å²) in [6.45, 7) is 2.61. The first-order valence-electron chi connectivity index (χ1n) is 5.53. The number of benzene rings is 1. The van der Waals surface area contributed by atoms with E-state index in [-0.39, 0.29) is 12.0 Å². The minimum atomic E-state index is -0.00851. The van der Waals surface area contributed by atoms with Crippen LogP contribution in [0.2, 0.25) is 0 Å². The summed E-state index contributed by atoms with van der Waals surface area (Å²) in [5.74, 6) is 0.248. The molecular formula is C13H17N3. The number of rotatable bonds is 3. The molecule has 2 rings (SSSR count).